The molecule has 13 heteroatoms. The molecule has 3 N–H and O–H groups in total. The number of aliphatic hydroxyl groups excluding tert-OH is 2. The van der Waals surface area contributed by atoms with Crippen LogP contribution in [0.4, 0.5) is 5.95 Å². The Balaban J connectivity index is 3.05. The van der Waals surface area contributed by atoms with Gasteiger partial charge in [-0.1, -0.05) is 0 Å². The van der Waals surface area contributed by atoms with Crippen molar-refractivity contribution in [1.29, 1.82) is 0 Å². The first-order valence-corrected chi connectivity index (χ1v) is 7.26. The maximum atomic E-state index is 12.2. The second-order valence-corrected chi connectivity index (χ2v) is 4.83. The van der Waals surface area contributed by atoms with E-state index in [-0.39, 0.29) is 26.3 Å². The minimum absolute atomic E-state index is 0.0432. The molecule has 13 nitrogen and oxygen atoms in total. The number of nitrogens with one attached hydrogen (secondary N) is 1. The van der Waals surface area contributed by atoms with Crippen LogP contribution in [0.25, 0.3) is 0 Å². The lowest BCUT2D eigenvalue weighted by atomic mass is 10.4. The Morgan fingerprint density at radius 3 is 2.48 bits per heavy atom. The third kappa shape index (κ3) is 5.74. The minimum atomic E-state index is -0.892. The molecule has 0 aliphatic heterocycles. The SMILES string of the molecule is COC(C)NC(=O)c1nc([N+](=O)[O-])nn1CC(=O)N(CCO)CCO. The van der Waals surface area contributed by atoms with Crippen molar-refractivity contribution in [2.75, 3.05) is 33.4 Å². The van der Waals surface area contributed by atoms with Crippen LogP contribution in [-0.4, -0.2) is 86.3 Å². The Labute approximate surface area is 142 Å². The summed E-state index contributed by atoms with van der Waals surface area (Å²) in [6.07, 6.45) is -0.687. The number of carbonyl (C=O) groups excluding carboxylic acids is 2. The van der Waals surface area contributed by atoms with E-state index >= 15 is 0 Å². The number of hydrogen-bond donors (Lipinski definition) is 3. The van der Waals surface area contributed by atoms with E-state index in [4.69, 9.17) is 14.9 Å². The van der Waals surface area contributed by atoms with Crippen LogP contribution in [0, 0.1) is 10.1 Å². The molecule has 0 radical (unpaired) electrons. The number of carbonyl (C=O) groups is 2. The first kappa shape index (κ1) is 20.4. The van der Waals surface area contributed by atoms with Crippen molar-refractivity contribution < 1.29 is 29.5 Å². The second-order valence-electron chi connectivity index (χ2n) is 4.83. The molecule has 1 unspecified atom stereocenters. The highest BCUT2D eigenvalue weighted by atomic mass is 16.6. The number of rotatable bonds is 10. The lowest BCUT2D eigenvalue weighted by Gasteiger charge is -2.20. The number of hydrogen-bond acceptors (Lipinski definition) is 9. The molecule has 0 saturated heterocycles. The second kappa shape index (κ2) is 9.61. The summed E-state index contributed by atoms with van der Waals surface area (Å²) in [5, 5.41) is 34.7. The molecule has 1 aromatic heterocycles. The molecule has 0 fully saturated rings. The smallest absolute Gasteiger partial charge is 0.395 e. The molecule has 1 heterocycles. The number of aliphatic hydroxyl groups is 2. The number of ether oxygens (including phenoxy) is 1. The topological polar surface area (TPSA) is 173 Å². The maximum absolute atomic E-state index is 12.2. The number of nitro groups is 1. The van der Waals surface area contributed by atoms with Crippen LogP contribution >= 0.6 is 0 Å². The molecule has 0 saturated carbocycles. The van der Waals surface area contributed by atoms with E-state index in [1.54, 1.807) is 0 Å². The van der Waals surface area contributed by atoms with Crippen molar-refractivity contribution in [3.63, 3.8) is 0 Å². The van der Waals surface area contributed by atoms with Crippen LogP contribution in [0.2, 0.25) is 0 Å². The minimum Gasteiger partial charge on any atom is -0.395 e. The summed E-state index contributed by atoms with van der Waals surface area (Å²) < 4.78 is 5.66. The summed E-state index contributed by atoms with van der Waals surface area (Å²) in [6.45, 7) is 0.258. The molecule has 0 aromatic carbocycles. The van der Waals surface area contributed by atoms with Crippen LogP contribution < -0.4 is 5.32 Å². The largest absolute Gasteiger partial charge is 0.491 e. The van der Waals surface area contributed by atoms with E-state index in [2.05, 4.69) is 15.4 Å². The number of nitrogens with zero attached hydrogens (tertiary/aromatic N) is 5. The molecular weight excluding hydrogens is 340 g/mol. The summed E-state index contributed by atoms with van der Waals surface area (Å²) in [4.78, 5) is 38.9. The molecule has 0 aliphatic rings. The average molecular weight is 360 g/mol. The average Bonchev–Trinajstić information content (AvgIpc) is 2.98. The van der Waals surface area contributed by atoms with Gasteiger partial charge in [0.2, 0.25) is 5.91 Å². The Morgan fingerprint density at radius 2 is 2.00 bits per heavy atom. The molecule has 2 amide bonds. The number of methoxy groups -OCH3 is 1. The normalized spacial score (nSPS) is 11.8. The van der Waals surface area contributed by atoms with Gasteiger partial charge in [-0.3, -0.25) is 9.59 Å². The highest BCUT2D eigenvalue weighted by Crippen LogP contribution is 2.08. The van der Waals surface area contributed by atoms with Gasteiger partial charge in [0, 0.05) is 25.3 Å². The summed E-state index contributed by atoms with van der Waals surface area (Å²) in [6, 6.07) is 0. The fraction of sp³-hybridized carbons (Fsp3) is 0.667. The summed E-state index contributed by atoms with van der Waals surface area (Å²) >= 11 is 0. The highest BCUT2D eigenvalue weighted by molar-refractivity contribution is 5.91. The Morgan fingerprint density at radius 1 is 1.40 bits per heavy atom. The van der Waals surface area contributed by atoms with E-state index < -0.39 is 41.3 Å². The first-order chi connectivity index (χ1) is 11.8. The van der Waals surface area contributed by atoms with Gasteiger partial charge in [0.1, 0.15) is 12.8 Å². The predicted octanol–water partition coefficient (Wildman–Crippen LogP) is -2.28. The monoisotopic (exact) mass is 360 g/mol. The van der Waals surface area contributed by atoms with Crippen LogP contribution in [-0.2, 0) is 16.1 Å². The molecule has 140 valence electrons. The molecule has 1 aromatic rings. The van der Waals surface area contributed by atoms with Gasteiger partial charge in [0.25, 0.3) is 0 Å². The molecule has 0 aliphatic carbocycles. The molecule has 0 bridgehead atoms. The first-order valence-electron chi connectivity index (χ1n) is 7.26. The third-order valence-corrected chi connectivity index (χ3v) is 3.09. The zero-order valence-corrected chi connectivity index (χ0v) is 13.8. The maximum Gasteiger partial charge on any atom is 0.491 e. The van der Waals surface area contributed by atoms with Gasteiger partial charge in [-0.05, 0) is 16.8 Å². The van der Waals surface area contributed by atoms with Gasteiger partial charge in [-0.25, -0.2) is 0 Å². The third-order valence-electron chi connectivity index (χ3n) is 3.09. The quantitative estimate of drug-likeness (QED) is 0.236. The van der Waals surface area contributed by atoms with E-state index in [1.807, 2.05) is 0 Å². The predicted molar refractivity (Wildman–Crippen MR) is 81.4 cm³/mol. The van der Waals surface area contributed by atoms with Crippen molar-refractivity contribution >= 4 is 17.8 Å². The van der Waals surface area contributed by atoms with Crippen molar-refractivity contribution in [1.82, 2.24) is 25.0 Å². The van der Waals surface area contributed by atoms with Crippen molar-refractivity contribution in [3.8, 4) is 0 Å². The Bertz CT molecular complexity index is 613. The Hall–Kier alpha value is -2.64. The van der Waals surface area contributed by atoms with Crippen LogP contribution in [0.3, 0.4) is 0 Å². The molecule has 25 heavy (non-hydrogen) atoms. The van der Waals surface area contributed by atoms with Crippen molar-refractivity contribution in [2.45, 2.75) is 19.7 Å². The fourth-order valence-corrected chi connectivity index (χ4v) is 1.82. The van der Waals surface area contributed by atoms with Gasteiger partial charge < -0.3 is 35.3 Å². The van der Waals surface area contributed by atoms with Crippen molar-refractivity contribution in [3.05, 3.63) is 15.9 Å². The number of aromatic nitrogens is 3. The van der Waals surface area contributed by atoms with Crippen LogP contribution in [0.1, 0.15) is 17.5 Å². The van der Waals surface area contributed by atoms with Gasteiger partial charge in [-0.15, -0.1) is 0 Å². The summed E-state index contributed by atoms with van der Waals surface area (Å²) in [5.41, 5.74) is 0. The standard InChI is InChI=1S/C12H20N6O7/c1-8(25-2)13-11(22)10-14-12(18(23)24)15-17(10)7-9(21)16(3-5-19)4-6-20/h8,19-20H,3-7H2,1-2H3,(H,13,22). The molecular formula is C12H20N6O7. The van der Waals surface area contributed by atoms with Crippen LogP contribution in [0.15, 0.2) is 0 Å². The number of amides is 2. The zero-order valence-electron chi connectivity index (χ0n) is 13.8. The van der Waals surface area contributed by atoms with Gasteiger partial charge in [0.15, 0.2) is 0 Å². The van der Waals surface area contributed by atoms with Crippen molar-refractivity contribution in [2.24, 2.45) is 0 Å². The molecule has 1 atom stereocenters. The van der Waals surface area contributed by atoms with E-state index in [0.717, 1.165) is 9.58 Å². The zero-order chi connectivity index (χ0) is 19.0. The lowest BCUT2D eigenvalue weighted by Crippen LogP contribution is -2.40. The summed E-state index contributed by atoms with van der Waals surface area (Å²) in [5.74, 6) is -2.67. The van der Waals surface area contributed by atoms with Crippen LogP contribution in [0.5, 0.6) is 0 Å². The van der Waals surface area contributed by atoms with Gasteiger partial charge >= 0.3 is 17.7 Å². The van der Waals surface area contributed by atoms with Gasteiger partial charge in [0.05, 0.1) is 13.2 Å². The van der Waals surface area contributed by atoms with E-state index in [9.17, 15) is 19.7 Å². The van der Waals surface area contributed by atoms with E-state index in [1.165, 1.54) is 14.0 Å². The Kier molecular flexibility index (Phi) is 7.84. The highest BCUT2D eigenvalue weighted by Gasteiger charge is 2.30. The van der Waals surface area contributed by atoms with Gasteiger partial charge in [-0.2, -0.15) is 4.68 Å². The summed E-state index contributed by atoms with van der Waals surface area (Å²) in [7, 11) is 1.35. The molecule has 0 spiro atoms. The van der Waals surface area contributed by atoms with E-state index in [0.29, 0.717) is 0 Å². The fourth-order valence-electron chi connectivity index (χ4n) is 1.82. The molecule has 1 rings (SSSR count). The lowest BCUT2D eigenvalue weighted by molar-refractivity contribution is -0.394.